The van der Waals surface area contributed by atoms with E-state index in [1.165, 1.54) is 0 Å². The summed E-state index contributed by atoms with van der Waals surface area (Å²) in [4.78, 5) is 30.1. The number of epoxide rings is 1. The minimum absolute atomic E-state index is 0.00670. The van der Waals surface area contributed by atoms with Crippen molar-refractivity contribution < 1.29 is 45.0 Å². The lowest BCUT2D eigenvalue weighted by Gasteiger charge is -2.63. The number of aliphatic hydroxyl groups excluding tert-OH is 3. The second-order valence-electron chi connectivity index (χ2n) is 20.6. The molecule has 1 amide bonds. The summed E-state index contributed by atoms with van der Waals surface area (Å²) in [6, 6.07) is 5.38. The van der Waals surface area contributed by atoms with Gasteiger partial charge in [0.25, 0.3) is 0 Å². The molecule has 2 aliphatic heterocycles. The van der Waals surface area contributed by atoms with Crippen LogP contribution >= 0.6 is 0 Å². The molecule has 8 aliphatic rings. The van der Waals surface area contributed by atoms with E-state index in [-0.39, 0.29) is 78.7 Å². The van der Waals surface area contributed by atoms with E-state index in [2.05, 4.69) is 39.8 Å². The van der Waals surface area contributed by atoms with E-state index in [0.29, 0.717) is 68.7 Å². The number of rotatable bonds is 8. The lowest BCUT2D eigenvalue weighted by Crippen LogP contribution is -2.66. The molecule has 0 radical (unpaired) electrons. The molecule has 6 aliphatic carbocycles. The maximum atomic E-state index is 14.2. The van der Waals surface area contributed by atoms with Gasteiger partial charge in [-0.2, -0.15) is 0 Å². The molecule has 312 valence electrons. The van der Waals surface area contributed by atoms with Crippen molar-refractivity contribution in [3.63, 3.8) is 0 Å². The Morgan fingerprint density at radius 3 is 2.51 bits per heavy atom. The number of hydrogen-bond acceptors (Lipinski definition) is 9. The van der Waals surface area contributed by atoms with E-state index in [1.807, 2.05) is 6.07 Å². The third-order valence-electron chi connectivity index (χ3n) is 18.0. The SMILES string of the molecule is CC(C)[C@@H](C)[C@H]1O[C@H]1[C@]1(O)CC=C[C@H]2C[C@@H]3C(=CC(=O)[C@H]4C[C@@H](O)[C@@H](O)C[C@@]43C)[C@@]3(O)CC[C@H]1[C@@]23CCc1cc(O)cc(N2CC[C@@]3(CCCC[C@H]3CO)C2=O)c1. The van der Waals surface area contributed by atoms with E-state index in [0.717, 1.165) is 31.2 Å². The summed E-state index contributed by atoms with van der Waals surface area (Å²) in [5.74, 6) is -0.672. The normalized spacial score (nSPS) is 46.7. The zero-order valence-electron chi connectivity index (χ0n) is 34.3. The maximum Gasteiger partial charge on any atom is 0.233 e. The molecule has 10 nitrogen and oxygen atoms in total. The Hall–Kier alpha value is -2.60. The van der Waals surface area contributed by atoms with Gasteiger partial charge < -0.3 is 40.3 Å². The van der Waals surface area contributed by atoms with Gasteiger partial charge in [0.15, 0.2) is 5.78 Å². The maximum absolute atomic E-state index is 14.2. The van der Waals surface area contributed by atoms with Crippen LogP contribution in [0.2, 0.25) is 0 Å². The quantitative estimate of drug-likeness (QED) is 0.149. The fraction of sp³-hybridized carbons (Fsp3) is 0.745. The molecule has 1 aromatic carbocycles. The van der Waals surface area contributed by atoms with E-state index in [9.17, 15) is 40.2 Å². The number of nitrogens with zero attached hydrogens (tertiary/aromatic N) is 1. The highest BCUT2D eigenvalue weighted by atomic mass is 16.6. The molecule has 10 heteroatoms. The molecule has 1 aromatic rings. The van der Waals surface area contributed by atoms with E-state index < -0.39 is 45.6 Å². The van der Waals surface area contributed by atoms with Gasteiger partial charge in [-0.05, 0) is 135 Å². The average molecular weight is 788 g/mol. The first-order chi connectivity index (χ1) is 27.0. The molecule has 57 heavy (non-hydrogen) atoms. The van der Waals surface area contributed by atoms with Gasteiger partial charge in [0.1, 0.15) is 17.5 Å². The molecule has 6 fully saturated rings. The predicted molar refractivity (Wildman–Crippen MR) is 214 cm³/mol. The monoisotopic (exact) mass is 787 g/mol. The second kappa shape index (κ2) is 13.7. The van der Waals surface area contributed by atoms with Gasteiger partial charge in [0.05, 0.1) is 29.3 Å². The summed E-state index contributed by atoms with van der Waals surface area (Å²) in [6.45, 7) is 9.11. The van der Waals surface area contributed by atoms with Gasteiger partial charge in [-0.15, -0.1) is 0 Å². The number of allylic oxidation sites excluding steroid dienone is 2. The number of amides is 1. The van der Waals surface area contributed by atoms with Crippen molar-refractivity contribution in [1.29, 1.82) is 0 Å². The highest BCUT2D eigenvalue weighted by molar-refractivity contribution is 6.00. The van der Waals surface area contributed by atoms with Crippen LogP contribution in [0, 0.1) is 57.7 Å². The van der Waals surface area contributed by atoms with Crippen molar-refractivity contribution in [3.05, 3.63) is 47.6 Å². The highest BCUT2D eigenvalue weighted by Crippen LogP contribution is 2.73. The van der Waals surface area contributed by atoms with Gasteiger partial charge in [-0.3, -0.25) is 9.59 Å². The number of carbonyl (C=O) groups excluding carboxylic acids is 2. The smallest absolute Gasteiger partial charge is 0.233 e. The molecular weight excluding hydrogens is 723 g/mol. The van der Waals surface area contributed by atoms with Crippen molar-refractivity contribution >= 4 is 17.4 Å². The fourth-order valence-electron chi connectivity index (χ4n) is 14.5. The number of fused-ring (bicyclic) bond motifs is 4. The minimum atomic E-state index is -1.44. The Balaban J connectivity index is 1.11. The fourth-order valence-corrected chi connectivity index (χ4v) is 14.5. The van der Waals surface area contributed by atoms with Crippen LogP contribution in [0.3, 0.4) is 0 Å². The Labute approximate surface area is 337 Å². The van der Waals surface area contributed by atoms with E-state index >= 15 is 0 Å². The number of aromatic hydroxyl groups is 1. The number of phenolic OH excluding ortho intramolecular Hbond substituents is 1. The molecule has 4 saturated carbocycles. The first kappa shape index (κ1) is 39.8. The summed E-state index contributed by atoms with van der Waals surface area (Å²) < 4.78 is 6.43. The van der Waals surface area contributed by atoms with Gasteiger partial charge in [0.2, 0.25) is 5.91 Å². The van der Waals surface area contributed by atoms with Gasteiger partial charge >= 0.3 is 0 Å². The van der Waals surface area contributed by atoms with Crippen molar-refractivity contribution in [2.24, 2.45) is 57.7 Å². The number of benzene rings is 1. The number of aliphatic hydroxyl groups is 5. The molecule has 0 unspecified atom stereocenters. The summed E-state index contributed by atoms with van der Waals surface area (Å²) in [6.07, 6.45) is 11.2. The summed E-state index contributed by atoms with van der Waals surface area (Å²) in [5, 5.41) is 70.0. The first-order valence-corrected chi connectivity index (χ1v) is 22.2. The van der Waals surface area contributed by atoms with Crippen LogP contribution in [0.15, 0.2) is 42.0 Å². The molecular formula is C47H65NO9. The van der Waals surface area contributed by atoms with Crippen LogP contribution in [0.25, 0.3) is 0 Å². The second-order valence-corrected chi connectivity index (χ2v) is 20.6. The van der Waals surface area contributed by atoms with Crippen LogP contribution in [-0.2, 0) is 20.7 Å². The predicted octanol–water partition coefficient (Wildman–Crippen LogP) is 5.39. The number of ether oxygens (including phenoxy) is 1. The van der Waals surface area contributed by atoms with Crippen molar-refractivity contribution in [1.82, 2.24) is 0 Å². The molecule has 15 atom stereocenters. The Morgan fingerprint density at radius 2 is 1.75 bits per heavy atom. The lowest BCUT2D eigenvalue weighted by atomic mass is 9.42. The van der Waals surface area contributed by atoms with Crippen molar-refractivity contribution in [2.45, 2.75) is 147 Å². The van der Waals surface area contributed by atoms with Crippen LogP contribution in [0.1, 0.15) is 110 Å². The zero-order chi connectivity index (χ0) is 40.4. The summed E-state index contributed by atoms with van der Waals surface area (Å²) in [5.41, 5.74) is -2.63. The van der Waals surface area contributed by atoms with Gasteiger partial charge in [0, 0.05) is 42.2 Å². The third kappa shape index (κ3) is 5.62. The summed E-state index contributed by atoms with van der Waals surface area (Å²) >= 11 is 0. The Kier molecular flexibility index (Phi) is 9.59. The van der Waals surface area contributed by atoms with E-state index in [4.69, 9.17) is 4.74 Å². The summed E-state index contributed by atoms with van der Waals surface area (Å²) in [7, 11) is 0. The number of phenols is 1. The van der Waals surface area contributed by atoms with Crippen LogP contribution in [-0.4, -0.2) is 91.1 Å². The number of carbonyl (C=O) groups is 2. The molecule has 2 heterocycles. The highest BCUT2D eigenvalue weighted by Gasteiger charge is 2.76. The molecule has 6 N–H and O–H groups in total. The molecule has 0 aromatic heterocycles. The van der Waals surface area contributed by atoms with Crippen molar-refractivity contribution in [3.8, 4) is 5.75 Å². The van der Waals surface area contributed by atoms with Crippen molar-refractivity contribution in [2.75, 3.05) is 18.1 Å². The lowest BCUT2D eigenvalue weighted by molar-refractivity contribution is -0.182. The molecule has 0 bridgehead atoms. The number of ketones is 1. The average Bonchev–Trinajstić information content (AvgIpc) is 3.86. The van der Waals surface area contributed by atoms with Crippen LogP contribution < -0.4 is 4.90 Å². The Bertz CT molecular complexity index is 1860. The Morgan fingerprint density at radius 1 is 0.965 bits per heavy atom. The van der Waals surface area contributed by atoms with Crippen LogP contribution in [0.5, 0.6) is 5.75 Å². The first-order valence-electron chi connectivity index (χ1n) is 22.2. The van der Waals surface area contributed by atoms with Crippen LogP contribution in [0.4, 0.5) is 5.69 Å². The zero-order valence-corrected chi connectivity index (χ0v) is 34.3. The number of anilines is 1. The molecule has 2 saturated heterocycles. The van der Waals surface area contributed by atoms with Gasteiger partial charge in [-0.25, -0.2) is 0 Å². The topological polar surface area (TPSA) is 171 Å². The molecule has 9 rings (SSSR count). The standard InChI is InChI=1S/C47H65NO9/c1-26(2)27(3)40-41(57-40)46(55)13-7-9-29-20-33-34(22-36(51)35-23-37(52)38(53)24-43(33,35)4)47(56)15-11-39(46)45(29,47)14-10-28-18-31(21-32(50)19-28)48-17-16-44(42(48)54)12-6-5-8-30(44)25-49/h7,9,18-19,21-22,26-27,29-30,33,35,37-41,49-50,52-53,55-56H,5-6,8,10-17,20,23-25H2,1-4H3/t27-,29+,30+,33-,35-,37-,38+,39+,40-,41-,43-,44-,45-,46+,47+/m1/s1. The minimum Gasteiger partial charge on any atom is -0.508 e. The number of aryl methyl sites for hydroxylation is 1. The van der Waals surface area contributed by atoms with Gasteiger partial charge in [-0.1, -0.05) is 52.7 Å². The van der Waals surface area contributed by atoms with E-state index in [1.54, 1.807) is 23.1 Å². The third-order valence-corrected chi connectivity index (χ3v) is 18.0. The number of hydrogen-bond donors (Lipinski definition) is 6. The molecule has 1 spiro atoms. The largest absolute Gasteiger partial charge is 0.508 e.